The zero-order chi connectivity index (χ0) is 25.5. The molecule has 0 radical (unpaired) electrons. The van der Waals surface area contributed by atoms with Crippen molar-refractivity contribution in [3.8, 4) is 11.4 Å². The van der Waals surface area contributed by atoms with Gasteiger partial charge in [0.2, 0.25) is 0 Å². The molecule has 186 valence electrons. The molecule has 7 nitrogen and oxygen atoms in total. The van der Waals surface area contributed by atoms with Gasteiger partial charge in [0.1, 0.15) is 11.6 Å². The molecule has 4 rings (SSSR count). The second-order valence-corrected chi connectivity index (χ2v) is 8.67. The Kier molecular flexibility index (Phi) is 8.00. The van der Waals surface area contributed by atoms with Crippen LogP contribution in [0.2, 0.25) is 0 Å². The van der Waals surface area contributed by atoms with Gasteiger partial charge in [-0.1, -0.05) is 62.2 Å². The highest BCUT2D eigenvalue weighted by Crippen LogP contribution is 2.28. The summed E-state index contributed by atoms with van der Waals surface area (Å²) >= 11 is 0. The van der Waals surface area contributed by atoms with Gasteiger partial charge in [0, 0.05) is 12.2 Å². The van der Waals surface area contributed by atoms with E-state index in [0.29, 0.717) is 40.4 Å². The first-order valence-electron chi connectivity index (χ1n) is 12.3. The smallest absolute Gasteiger partial charge is 0.322 e. The number of benzene rings is 3. The fourth-order valence-corrected chi connectivity index (χ4v) is 4.34. The van der Waals surface area contributed by atoms with Crippen molar-refractivity contribution in [1.82, 2.24) is 14.5 Å². The van der Waals surface area contributed by atoms with Crippen molar-refractivity contribution in [1.29, 1.82) is 0 Å². The van der Waals surface area contributed by atoms with E-state index in [1.54, 1.807) is 22.6 Å². The lowest BCUT2D eigenvalue weighted by Crippen LogP contribution is -2.40. The Morgan fingerprint density at radius 1 is 1.00 bits per heavy atom. The normalized spacial score (nSPS) is 11.8. The van der Waals surface area contributed by atoms with Crippen LogP contribution in [0.25, 0.3) is 16.6 Å². The molecule has 0 aliphatic heterocycles. The van der Waals surface area contributed by atoms with Crippen molar-refractivity contribution in [3.05, 3.63) is 95.0 Å². The van der Waals surface area contributed by atoms with Gasteiger partial charge >= 0.3 is 6.03 Å². The van der Waals surface area contributed by atoms with E-state index in [4.69, 9.17) is 9.72 Å². The lowest BCUT2D eigenvalue weighted by molar-refractivity contribution is 0.187. The van der Waals surface area contributed by atoms with Crippen LogP contribution in [0.4, 0.5) is 10.5 Å². The maximum Gasteiger partial charge on any atom is 0.322 e. The fourth-order valence-electron chi connectivity index (χ4n) is 4.34. The van der Waals surface area contributed by atoms with Crippen LogP contribution in [0.5, 0.6) is 5.75 Å². The van der Waals surface area contributed by atoms with E-state index < -0.39 is 6.04 Å². The average molecular weight is 485 g/mol. The quantitative estimate of drug-likeness (QED) is 0.288. The minimum atomic E-state index is -0.493. The fraction of sp³-hybridized carbons (Fsp3) is 0.276. The first-order valence-corrected chi connectivity index (χ1v) is 12.3. The number of para-hydroxylation sites is 4. The molecule has 0 saturated carbocycles. The zero-order valence-electron chi connectivity index (χ0n) is 21.0. The van der Waals surface area contributed by atoms with Crippen molar-refractivity contribution in [2.45, 2.75) is 39.2 Å². The summed E-state index contributed by atoms with van der Waals surface area (Å²) in [6, 6.07) is 23.3. The molecule has 1 unspecified atom stereocenters. The highest BCUT2D eigenvalue weighted by atomic mass is 16.5. The van der Waals surface area contributed by atoms with Crippen molar-refractivity contribution in [3.63, 3.8) is 0 Å². The number of aromatic nitrogens is 2. The van der Waals surface area contributed by atoms with Crippen LogP contribution in [0.1, 0.15) is 45.0 Å². The molecular formula is C29H32N4O3. The van der Waals surface area contributed by atoms with Crippen molar-refractivity contribution >= 4 is 22.6 Å². The number of unbranched alkanes of at least 4 members (excludes halogenated alkanes) is 2. The van der Waals surface area contributed by atoms with E-state index in [-0.39, 0.29) is 11.6 Å². The molecule has 2 amide bonds. The van der Waals surface area contributed by atoms with Gasteiger partial charge in [-0.2, -0.15) is 0 Å². The van der Waals surface area contributed by atoms with Crippen molar-refractivity contribution in [2.24, 2.45) is 0 Å². The standard InChI is InChI=1S/C29H32N4O3/c1-4-5-13-20-32(29(35)30-22-14-7-6-8-15-22)21(2)27-31-24-17-10-9-16-23(24)28(34)33(27)25-18-11-12-19-26(25)36-3/h6-12,14-19,21H,4-5,13,20H2,1-3H3,(H,30,35). The molecule has 3 aromatic carbocycles. The molecular weight excluding hydrogens is 452 g/mol. The van der Waals surface area contributed by atoms with Crippen LogP contribution in [0.3, 0.4) is 0 Å². The third kappa shape index (κ3) is 5.25. The molecule has 0 spiro atoms. The molecule has 1 N–H and O–H groups in total. The van der Waals surface area contributed by atoms with Crippen LogP contribution < -0.4 is 15.6 Å². The van der Waals surface area contributed by atoms with Gasteiger partial charge < -0.3 is 15.0 Å². The molecule has 0 bridgehead atoms. The Bertz CT molecular complexity index is 1380. The summed E-state index contributed by atoms with van der Waals surface area (Å²) in [7, 11) is 1.58. The number of urea groups is 1. The molecule has 1 heterocycles. The molecule has 0 aliphatic carbocycles. The predicted octanol–water partition coefficient (Wildman–Crippen LogP) is 6.18. The summed E-state index contributed by atoms with van der Waals surface area (Å²) in [5.74, 6) is 1.03. The third-order valence-electron chi connectivity index (χ3n) is 6.26. The Morgan fingerprint density at radius 2 is 1.69 bits per heavy atom. The van der Waals surface area contributed by atoms with E-state index in [0.717, 1.165) is 19.3 Å². The summed E-state index contributed by atoms with van der Waals surface area (Å²) in [6.07, 6.45) is 2.87. The lowest BCUT2D eigenvalue weighted by atomic mass is 10.1. The maximum atomic E-state index is 13.8. The van der Waals surface area contributed by atoms with Gasteiger partial charge in [0.15, 0.2) is 0 Å². The maximum absolute atomic E-state index is 13.8. The van der Waals surface area contributed by atoms with E-state index >= 15 is 0 Å². The monoisotopic (exact) mass is 484 g/mol. The largest absolute Gasteiger partial charge is 0.495 e. The van der Waals surface area contributed by atoms with Crippen LogP contribution in [0.15, 0.2) is 83.7 Å². The molecule has 1 aromatic heterocycles. The molecule has 1 atom stereocenters. The molecule has 0 aliphatic rings. The lowest BCUT2D eigenvalue weighted by Gasteiger charge is -2.31. The SMILES string of the molecule is CCCCCN(C(=O)Nc1ccccc1)C(C)c1nc2ccccc2c(=O)n1-c1ccccc1OC. The molecule has 0 fully saturated rings. The summed E-state index contributed by atoms with van der Waals surface area (Å²) < 4.78 is 7.17. The molecule has 7 heteroatoms. The van der Waals surface area contributed by atoms with Crippen molar-refractivity contribution in [2.75, 3.05) is 19.0 Å². The van der Waals surface area contributed by atoms with Gasteiger partial charge in [-0.3, -0.25) is 9.36 Å². The van der Waals surface area contributed by atoms with Crippen LogP contribution in [0, 0.1) is 0 Å². The van der Waals surface area contributed by atoms with Crippen LogP contribution in [-0.2, 0) is 0 Å². The van der Waals surface area contributed by atoms with Gasteiger partial charge in [0.25, 0.3) is 5.56 Å². The first-order chi connectivity index (χ1) is 17.5. The number of hydrogen-bond acceptors (Lipinski definition) is 4. The predicted molar refractivity (Wildman–Crippen MR) is 144 cm³/mol. The number of anilines is 1. The second-order valence-electron chi connectivity index (χ2n) is 8.67. The summed E-state index contributed by atoms with van der Waals surface area (Å²) in [5, 5.41) is 3.51. The van der Waals surface area contributed by atoms with E-state index in [2.05, 4.69) is 12.2 Å². The Hall–Kier alpha value is -4.13. The first kappa shape index (κ1) is 25.0. The number of hydrogen-bond donors (Lipinski definition) is 1. The molecule has 36 heavy (non-hydrogen) atoms. The number of carbonyl (C=O) groups excluding carboxylic acids is 1. The number of nitrogens with zero attached hydrogens (tertiary/aromatic N) is 3. The number of methoxy groups -OCH3 is 1. The number of ether oxygens (including phenoxy) is 1. The number of carbonyl (C=O) groups is 1. The summed E-state index contributed by atoms with van der Waals surface area (Å²) in [6.45, 7) is 4.57. The number of nitrogens with one attached hydrogen (secondary N) is 1. The van der Waals surface area contributed by atoms with Crippen LogP contribution >= 0.6 is 0 Å². The minimum absolute atomic E-state index is 0.205. The molecule has 4 aromatic rings. The summed E-state index contributed by atoms with van der Waals surface area (Å²) in [5.41, 5.74) is 1.68. The highest BCUT2D eigenvalue weighted by molar-refractivity contribution is 5.89. The number of rotatable bonds is 9. The third-order valence-corrected chi connectivity index (χ3v) is 6.26. The Labute approximate surface area is 211 Å². The van der Waals surface area contributed by atoms with E-state index in [1.165, 1.54) is 0 Å². The minimum Gasteiger partial charge on any atom is -0.495 e. The van der Waals surface area contributed by atoms with Gasteiger partial charge in [-0.25, -0.2) is 9.78 Å². The van der Waals surface area contributed by atoms with E-state index in [9.17, 15) is 9.59 Å². The average Bonchev–Trinajstić information content (AvgIpc) is 2.91. The van der Waals surface area contributed by atoms with Crippen molar-refractivity contribution < 1.29 is 9.53 Å². The van der Waals surface area contributed by atoms with Gasteiger partial charge in [-0.15, -0.1) is 0 Å². The van der Waals surface area contributed by atoms with Gasteiger partial charge in [-0.05, 0) is 49.7 Å². The zero-order valence-corrected chi connectivity index (χ0v) is 21.0. The topological polar surface area (TPSA) is 76.5 Å². The Morgan fingerprint density at radius 3 is 2.44 bits per heavy atom. The Balaban J connectivity index is 1.85. The number of amides is 2. The van der Waals surface area contributed by atoms with Crippen LogP contribution in [-0.4, -0.2) is 34.1 Å². The van der Waals surface area contributed by atoms with E-state index in [1.807, 2.05) is 79.7 Å². The summed E-state index contributed by atoms with van der Waals surface area (Å²) in [4.78, 5) is 34.0. The van der Waals surface area contributed by atoms with Gasteiger partial charge in [0.05, 0.1) is 29.7 Å². The second kappa shape index (κ2) is 11.5. The number of fused-ring (bicyclic) bond motifs is 1. The highest BCUT2D eigenvalue weighted by Gasteiger charge is 2.27. The molecule has 0 saturated heterocycles.